The molecule has 4 nitrogen and oxygen atoms in total. The van der Waals surface area contributed by atoms with Gasteiger partial charge in [0.05, 0.1) is 0 Å². The number of nitrogens with one attached hydrogen (secondary N) is 2. The highest BCUT2D eigenvalue weighted by Gasteiger charge is 2.34. The van der Waals surface area contributed by atoms with Gasteiger partial charge in [0, 0.05) is 30.9 Å². The molecule has 0 spiro atoms. The van der Waals surface area contributed by atoms with E-state index < -0.39 is 5.60 Å². The van der Waals surface area contributed by atoms with Gasteiger partial charge < -0.3 is 15.7 Å². The van der Waals surface area contributed by atoms with Gasteiger partial charge >= 0.3 is 0 Å². The van der Waals surface area contributed by atoms with Gasteiger partial charge in [0.2, 0.25) is 5.91 Å². The summed E-state index contributed by atoms with van der Waals surface area (Å²) in [5.41, 5.74) is -0.719. The van der Waals surface area contributed by atoms with Crippen LogP contribution in [0, 0.1) is 0 Å². The fraction of sp³-hybridized carbons (Fsp3) is 0.583. The Balaban J connectivity index is 1.58. The standard InChI is InChI=1S/C12H18N2O2S/c15-11(14-9-12(16)7-13-8-12)5-1-3-10-4-2-6-17-10/h2,4,6,13,16H,1,3,5,7-9H2,(H,14,15). The minimum atomic E-state index is -0.719. The number of hydrogen-bond acceptors (Lipinski definition) is 4. The van der Waals surface area contributed by atoms with E-state index in [0.717, 1.165) is 12.8 Å². The van der Waals surface area contributed by atoms with E-state index in [9.17, 15) is 9.90 Å². The van der Waals surface area contributed by atoms with Crippen LogP contribution in [0.5, 0.6) is 0 Å². The molecular weight excluding hydrogens is 236 g/mol. The molecule has 3 N–H and O–H groups in total. The topological polar surface area (TPSA) is 61.4 Å². The third-order valence-electron chi connectivity index (χ3n) is 2.93. The lowest BCUT2D eigenvalue weighted by atomic mass is 9.97. The average molecular weight is 254 g/mol. The smallest absolute Gasteiger partial charge is 0.220 e. The molecule has 1 saturated heterocycles. The summed E-state index contributed by atoms with van der Waals surface area (Å²) in [6.45, 7) is 1.50. The maximum atomic E-state index is 11.5. The van der Waals surface area contributed by atoms with Crippen molar-refractivity contribution >= 4 is 17.2 Å². The number of aliphatic hydroxyl groups is 1. The number of amides is 1. The van der Waals surface area contributed by atoms with Crippen LogP contribution in [0.25, 0.3) is 0 Å². The van der Waals surface area contributed by atoms with E-state index in [4.69, 9.17) is 0 Å². The molecule has 94 valence electrons. The summed E-state index contributed by atoms with van der Waals surface area (Å²) in [6.07, 6.45) is 2.35. The van der Waals surface area contributed by atoms with Crippen molar-refractivity contribution in [3.05, 3.63) is 22.4 Å². The van der Waals surface area contributed by atoms with Gasteiger partial charge in [0.25, 0.3) is 0 Å². The van der Waals surface area contributed by atoms with Gasteiger partial charge in [-0.3, -0.25) is 4.79 Å². The molecule has 1 aromatic rings. The van der Waals surface area contributed by atoms with Crippen LogP contribution >= 0.6 is 11.3 Å². The molecule has 1 amide bonds. The minimum Gasteiger partial charge on any atom is -0.385 e. The van der Waals surface area contributed by atoms with Crippen molar-refractivity contribution in [2.45, 2.75) is 24.9 Å². The number of aryl methyl sites for hydroxylation is 1. The Morgan fingerprint density at radius 3 is 3.00 bits per heavy atom. The predicted octanol–water partition coefficient (Wildman–Crippen LogP) is 0.521. The number of thiophene rings is 1. The first-order valence-corrected chi connectivity index (χ1v) is 6.78. The second kappa shape index (κ2) is 5.62. The van der Waals surface area contributed by atoms with E-state index in [1.54, 1.807) is 11.3 Å². The molecule has 5 heteroatoms. The normalized spacial score (nSPS) is 17.5. The summed E-state index contributed by atoms with van der Waals surface area (Å²) < 4.78 is 0. The monoisotopic (exact) mass is 254 g/mol. The Morgan fingerprint density at radius 1 is 1.59 bits per heavy atom. The van der Waals surface area contributed by atoms with Crippen LogP contribution in [0.4, 0.5) is 0 Å². The quantitative estimate of drug-likeness (QED) is 0.693. The fourth-order valence-corrected chi connectivity index (χ4v) is 2.52. The highest BCUT2D eigenvalue weighted by atomic mass is 32.1. The summed E-state index contributed by atoms with van der Waals surface area (Å²) in [5, 5.41) is 17.6. The maximum Gasteiger partial charge on any atom is 0.220 e. The molecule has 0 aliphatic carbocycles. The zero-order valence-electron chi connectivity index (χ0n) is 9.74. The molecule has 1 fully saturated rings. The van der Waals surface area contributed by atoms with Crippen molar-refractivity contribution in [2.75, 3.05) is 19.6 Å². The molecule has 0 bridgehead atoms. The molecule has 2 rings (SSSR count). The molecule has 0 aromatic carbocycles. The van der Waals surface area contributed by atoms with Crippen LogP contribution in [0.3, 0.4) is 0 Å². The van der Waals surface area contributed by atoms with Crippen molar-refractivity contribution in [1.82, 2.24) is 10.6 Å². The van der Waals surface area contributed by atoms with Crippen molar-refractivity contribution in [3.63, 3.8) is 0 Å². The zero-order valence-corrected chi connectivity index (χ0v) is 10.6. The highest BCUT2D eigenvalue weighted by Crippen LogP contribution is 2.12. The molecule has 0 atom stereocenters. The average Bonchev–Trinajstić information content (AvgIpc) is 2.77. The van der Waals surface area contributed by atoms with Crippen molar-refractivity contribution in [1.29, 1.82) is 0 Å². The first-order valence-electron chi connectivity index (χ1n) is 5.90. The molecule has 1 aliphatic heterocycles. The van der Waals surface area contributed by atoms with Crippen LogP contribution in [-0.2, 0) is 11.2 Å². The minimum absolute atomic E-state index is 0.0295. The summed E-state index contributed by atoms with van der Waals surface area (Å²) in [5.74, 6) is 0.0295. The van der Waals surface area contributed by atoms with Crippen LogP contribution in [0.1, 0.15) is 17.7 Å². The van der Waals surface area contributed by atoms with Crippen LogP contribution < -0.4 is 10.6 Å². The van der Waals surface area contributed by atoms with E-state index in [1.807, 2.05) is 6.07 Å². The molecule has 2 heterocycles. The van der Waals surface area contributed by atoms with E-state index in [2.05, 4.69) is 22.1 Å². The van der Waals surface area contributed by atoms with Crippen LogP contribution in [-0.4, -0.2) is 36.2 Å². The summed E-state index contributed by atoms with van der Waals surface area (Å²) in [4.78, 5) is 12.8. The lowest BCUT2D eigenvalue weighted by Gasteiger charge is -2.37. The Labute approximate surface area is 105 Å². The van der Waals surface area contributed by atoms with Gasteiger partial charge in [0.1, 0.15) is 5.60 Å². The van der Waals surface area contributed by atoms with E-state index in [0.29, 0.717) is 26.1 Å². The zero-order chi connectivity index (χ0) is 12.1. The summed E-state index contributed by atoms with van der Waals surface area (Å²) >= 11 is 1.72. The van der Waals surface area contributed by atoms with Crippen LogP contribution in [0.15, 0.2) is 17.5 Å². The van der Waals surface area contributed by atoms with Crippen molar-refractivity contribution in [2.24, 2.45) is 0 Å². The first-order chi connectivity index (χ1) is 8.18. The highest BCUT2D eigenvalue weighted by molar-refractivity contribution is 7.09. The summed E-state index contributed by atoms with van der Waals surface area (Å²) in [7, 11) is 0. The molecule has 1 aliphatic rings. The predicted molar refractivity (Wildman–Crippen MR) is 68.1 cm³/mol. The molecule has 0 unspecified atom stereocenters. The number of rotatable bonds is 6. The molecule has 17 heavy (non-hydrogen) atoms. The van der Waals surface area contributed by atoms with Gasteiger partial charge in [0.15, 0.2) is 0 Å². The second-order valence-corrected chi connectivity index (χ2v) is 5.57. The number of β-amino-alcohol motifs (C(OH)–C–C–N with tert-alkyl or cyclic N) is 1. The van der Waals surface area contributed by atoms with Gasteiger partial charge in [-0.05, 0) is 24.3 Å². The number of carbonyl (C=O) groups excluding carboxylic acids is 1. The molecular formula is C12H18N2O2S. The van der Waals surface area contributed by atoms with E-state index in [1.165, 1.54) is 4.88 Å². The lowest BCUT2D eigenvalue weighted by molar-refractivity contribution is -0.123. The van der Waals surface area contributed by atoms with Gasteiger partial charge in [-0.15, -0.1) is 11.3 Å². The Hall–Kier alpha value is -0.910. The van der Waals surface area contributed by atoms with Gasteiger partial charge in [-0.1, -0.05) is 6.07 Å². The Kier molecular flexibility index (Phi) is 4.15. The van der Waals surface area contributed by atoms with Crippen molar-refractivity contribution in [3.8, 4) is 0 Å². The van der Waals surface area contributed by atoms with Gasteiger partial charge in [-0.25, -0.2) is 0 Å². The summed E-state index contributed by atoms with van der Waals surface area (Å²) in [6, 6.07) is 4.12. The second-order valence-electron chi connectivity index (χ2n) is 4.54. The maximum absolute atomic E-state index is 11.5. The number of carbonyl (C=O) groups is 1. The van der Waals surface area contributed by atoms with Crippen molar-refractivity contribution < 1.29 is 9.90 Å². The largest absolute Gasteiger partial charge is 0.385 e. The van der Waals surface area contributed by atoms with Gasteiger partial charge in [-0.2, -0.15) is 0 Å². The SMILES string of the molecule is O=C(CCCc1cccs1)NCC1(O)CNC1. The molecule has 1 aromatic heterocycles. The molecule has 0 saturated carbocycles. The fourth-order valence-electron chi connectivity index (χ4n) is 1.77. The van der Waals surface area contributed by atoms with Crippen LogP contribution in [0.2, 0.25) is 0 Å². The lowest BCUT2D eigenvalue weighted by Crippen LogP contribution is -2.64. The van der Waals surface area contributed by atoms with E-state index in [-0.39, 0.29) is 5.91 Å². The number of hydrogen-bond donors (Lipinski definition) is 3. The molecule has 0 radical (unpaired) electrons. The van der Waals surface area contributed by atoms with E-state index >= 15 is 0 Å². The Bertz CT molecular complexity index is 361. The third-order valence-corrected chi connectivity index (χ3v) is 3.87. The third kappa shape index (κ3) is 3.80. The Morgan fingerprint density at radius 2 is 2.41 bits per heavy atom. The first kappa shape index (κ1) is 12.5.